The molecule has 1 aromatic heterocycles. The molecule has 0 aromatic carbocycles. The second-order valence-electron chi connectivity index (χ2n) is 5.43. The van der Waals surface area contributed by atoms with E-state index in [1.165, 1.54) is 25.7 Å². The minimum atomic E-state index is 0.592. The fourth-order valence-electron chi connectivity index (χ4n) is 2.70. The van der Waals surface area contributed by atoms with Crippen LogP contribution >= 0.6 is 11.6 Å². The summed E-state index contributed by atoms with van der Waals surface area (Å²) in [5.74, 6) is 3.41. The van der Waals surface area contributed by atoms with Crippen LogP contribution in [0.2, 0.25) is 0 Å². The number of alkyl halides is 1. The molecule has 1 heterocycles. The lowest BCUT2D eigenvalue weighted by Gasteiger charge is -2.30. The van der Waals surface area contributed by atoms with E-state index in [2.05, 4.69) is 22.2 Å². The maximum absolute atomic E-state index is 6.06. The zero-order chi connectivity index (χ0) is 14.2. The van der Waals surface area contributed by atoms with E-state index in [4.69, 9.17) is 16.3 Å². The van der Waals surface area contributed by atoms with Crippen molar-refractivity contribution in [2.45, 2.75) is 39.0 Å². The van der Waals surface area contributed by atoms with Crippen LogP contribution < -0.4 is 10.1 Å². The summed E-state index contributed by atoms with van der Waals surface area (Å²) in [4.78, 5) is 8.58. The molecule has 0 aliphatic heterocycles. The number of rotatable bonds is 7. The third-order valence-corrected chi connectivity index (χ3v) is 4.27. The van der Waals surface area contributed by atoms with Crippen LogP contribution in [0.1, 0.15) is 39.0 Å². The number of ether oxygens (including phenoxy) is 1. The molecule has 0 radical (unpaired) electrons. The van der Waals surface area contributed by atoms with Gasteiger partial charge in [0.05, 0.1) is 19.0 Å². The molecule has 20 heavy (non-hydrogen) atoms. The molecule has 1 N–H and O–H groups in total. The summed E-state index contributed by atoms with van der Waals surface area (Å²) in [5.41, 5.74) is 0. The molecule has 2 unspecified atom stereocenters. The van der Waals surface area contributed by atoms with E-state index in [0.717, 1.165) is 24.7 Å². The van der Waals surface area contributed by atoms with Gasteiger partial charge in [-0.15, -0.1) is 11.6 Å². The van der Waals surface area contributed by atoms with Gasteiger partial charge >= 0.3 is 0 Å². The summed E-state index contributed by atoms with van der Waals surface area (Å²) >= 11 is 6.06. The number of nitrogens with one attached hydrogen (secondary N) is 1. The molecule has 2 rings (SSSR count). The van der Waals surface area contributed by atoms with Crippen LogP contribution in [0.4, 0.5) is 5.82 Å². The normalized spacial score (nSPS) is 22.5. The SMILES string of the molecule is CCCOc1cncc(NCC2CCCCC2CCl)n1. The third kappa shape index (κ3) is 4.51. The first-order valence-corrected chi connectivity index (χ1v) is 8.11. The minimum Gasteiger partial charge on any atom is -0.477 e. The van der Waals surface area contributed by atoms with Crippen molar-refractivity contribution >= 4 is 17.4 Å². The molecule has 112 valence electrons. The van der Waals surface area contributed by atoms with E-state index < -0.39 is 0 Å². The fraction of sp³-hybridized carbons (Fsp3) is 0.733. The Morgan fingerprint density at radius 3 is 2.85 bits per heavy atom. The average Bonchev–Trinajstić information content (AvgIpc) is 2.51. The Labute approximate surface area is 126 Å². The summed E-state index contributed by atoms with van der Waals surface area (Å²) in [7, 11) is 0. The summed E-state index contributed by atoms with van der Waals surface area (Å²) in [5, 5.41) is 3.38. The van der Waals surface area contributed by atoms with Gasteiger partial charge in [-0.05, 0) is 31.1 Å². The molecule has 0 saturated heterocycles. The molecular formula is C15H24ClN3O. The van der Waals surface area contributed by atoms with E-state index in [0.29, 0.717) is 24.3 Å². The molecule has 0 bridgehead atoms. The number of halogens is 1. The monoisotopic (exact) mass is 297 g/mol. The molecule has 1 aromatic rings. The lowest BCUT2D eigenvalue weighted by molar-refractivity contribution is 0.271. The van der Waals surface area contributed by atoms with E-state index >= 15 is 0 Å². The van der Waals surface area contributed by atoms with Crippen molar-refractivity contribution in [3.63, 3.8) is 0 Å². The van der Waals surface area contributed by atoms with Crippen molar-refractivity contribution in [1.29, 1.82) is 0 Å². The maximum Gasteiger partial charge on any atom is 0.234 e. The van der Waals surface area contributed by atoms with E-state index in [1.54, 1.807) is 12.4 Å². The highest BCUT2D eigenvalue weighted by atomic mass is 35.5. The first kappa shape index (κ1) is 15.4. The van der Waals surface area contributed by atoms with Crippen LogP contribution in [0.3, 0.4) is 0 Å². The summed E-state index contributed by atoms with van der Waals surface area (Å²) in [6.45, 7) is 3.67. The molecule has 0 amide bonds. The van der Waals surface area contributed by atoms with Gasteiger partial charge in [0.15, 0.2) is 0 Å². The van der Waals surface area contributed by atoms with Gasteiger partial charge in [0.1, 0.15) is 5.82 Å². The lowest BCUT2D eigenvalue weighted by atomic mass is 9.80. The molecule has 1 aliphatic carbocycles. The van der Waals surface area contributed by atoms with Gasteiger partial charge in [-0.3, -0.25) is 4.98 Å². The topological polar surface area (TPSA) is 47.0 Å². The zero-order valence-corrected chi connectivity index (χ0v) is 12.9. The lowest BCUT2D eigenvalue weighted by Crippen LogP contribution is -2.27. The highest BCUT2D eigenvalue weighted by Gasteiger charge is 2.24. The fourth-order valence-corrected chi connectivity index (χ4v) is 3.11. The highest BCUT2D eigenvalue weighted by molar-refractivity contribution is 6.18. The number of anilines is 1. The van der Waals surface area contributed by atoms with Crippen molar-refractivity contribution in [2.24, 2.45) is 11.8 Å². The number of hydrogen-bond donors (Lipinski definition) is 1. The molecule has 2 atom stereocenters. The Morgan fingerprint density at radius 2 is 2.10 bits per heavy atom. The van der Waals surface area contributed by atoms with Crippen LogP contribution in [-0.4, -0.2) is 29.0 Å². The average molecular weight is 298 g/mol. The van der Waals surface area contributed by atoms with Gasteiger partial charge in [0, 0.05) is 12.4 Å². The van der Waals surface area contributed by atoms with Crippen LogP contribution in [0.15, 0.2) is 12.4 Å². The van der Waals surface area contributed by atoms with Gasteiger partial charge in [-0.25, -0.2) is 0 Å². The summed E-state index contributed by atoms with van der Waals surface area (Å²) in [6.07, 6.45) is 9.50. The van der Waals surface area contributed by atoms with Gasteiger partial charge in [-0.2, -0.15) is 4.98 Å². The van der Waals surface area contributed by atoms with E-state index in [-0.39, 0.29) is 0 Å². The van der Waals surface area contributed by atoms with Gasteiger partial charge in [-0.1, -0.05) is 19.8 Å². The van der Waals surface area contributed by atoms with Gasteiger partial charge in [0.25, 0.3) is 0 Å². The van der Waals surface area contributed by atoms with Crippen molar-refractivity contribution in [3.05, 3.63) is 12.4 Å². The second-order valence-corrected chi connectivity index (χ2v) is 5.74. The minimum absolute atomic E-state index is 0.592. The van der Waals surface area contributed by atoms with Crippen molar-refractivity contribution < 1.29 is 4.74 Å². The van der Waals surface area contributed by atoms with Crippen LogP contribution in [0.25, 0.3) is 0 Å². The van der Waals surface area contributed by atoms with Crippen molar-refractivity contribution in [3.8, 4) is 5.88 Å². The van der Waals surface area contributed by atoms with Crippen molar-refractivity contribution in [2.75, 3.05) is 24.3 Å². The largest absolute Gasteiger partial charge is 0.477 e. The number of aromatic nitrogens is 2. The molecule has 4 nitrogen and oxygen atoms in total. The Kier molecular flexibility index (Phi) is 6.37. The third-order valence-electron chi connectivity index (χ3n) is 3.88. The Morgan fingerprint density at radius 1 is 1.30 bits per heavy atom. The van der Waals surface area contributed by atoms with E-state index in [9.17, 15) is 0 Å². The molecule has 1 fully saturated rings. The Bertz CT molecular complexity index is 402. The van der Waals surface area contributed by atoms with Gasteiger partial charge in [0.2, 0.25) is 5.88 Å². The highest BCUT2D eigenvalue weighted by Crippen LogP contribution is 2.31. The second kappa shape index (κ2) is 8.30. The summed E-state index contributed by atoms with van der Waals surface area (Å²) < 4.78 is 5.50. The zero-order valence-electron chi connectivity index (χ0n) is 12.1. The molecular weight excluding hydrogens is 274 g/mol. The Hall–Kier alpha value is -1.03. The summed E-state index contributed by atoms with van der Waals surface area (Å²) in [6, 6.07) is 0. The van der Waals surface area contributed by atoms with Gasteiger partial charge < -0.3 is 10.1 Å². The molecule has 0 spiro atoms. The van der Waals surface area contributed by atoms with Crippen LogP contribution in [0, 0.1) is 11.8 Å². The predicted molar refractivity (Wildman–Crippen MR) is 82.5 cm³/mol. The quantitative estimate of drug-likeness (QED) is 0.779. The maximum atomic E-state index is 6.06. The van der Waals surface area contributed by atoms with Crippen LogP contribution in [-0.2, 0) is 0 Å². The van der Waals surface area contributed by atoms with Crippen LogP contribution in [0.5, 0.6) is 5.88 Å². The smallest absolute Gasteiger partial charge is 0.234 e. The first-order valence-electron chi connectivity index (χ1n) is 7.58. The standard InChI is InChI=1S/C15H24ClN3O/c1-2-7-20-15-11-17-10-14(19-15)18-9-13-6-4-3-5-12(13)8-16/h10-13H,2-9H2,1H3,(H,18,19). The molecule has 5 heteroatoms. The first-order chi connectivity index (χ1) is 9.83. The number of nitrogens with zero attached hydrogens (tertiary/aromatic N) is 2. The molecule has 1 saturated carbocycles. The van der Waals surface area contributed by atoms with E-state index in [1.807, 2.05) is 0 Å². The van der Waals surface area contributed by atoms with Crippen molar-refractivity contribution in [1.82, 2.24) is 9.97 Å². The predicted octanol–water partition coefficient (Wildman–Crippen LogP) is 3.72. The Balaban J connectivity index is 1.86. The number of hydrogen-bond acceptors (Lipinski definition) is 4. The molecule has 1 aliphatic rings.